The largest absolute Gasteiger partial charge is 0.376 e. The predicted molar refractivity (Wildman–Crippen MR) is 62.4 cm³/mol. The molecule has 0 saturated carbocycles. The molecule has 2 rings (SSSR count). The molecule has 0 radical (unpaired) electrons. The molecule has 14 heavy (non-hydrogen) atoms. The molecule has 1 aromatic carbocycles. The molecular weight excluding hydrogens is 170 g/mol. The van der Waals surface area contributed by atoms with Crippen LogP contribution >= 0.6 is 0 Å². The monoisotopic (exact) mass is 187 g/mol. The zero-order valence-corrected chi connectivity index (χ0v) is 9.09. The normalized spacial score (nSPS) is 24.9. The van der Waals surface area contributed by atoms with Crippen LogP contribution in [0, 0.1) is 0 Å². The van der Waals surface area contributed by atoms with Gasteiger partial charge in [-0.15, -0.1) is 0 Å². The number of para-hydroxylation sites is 1. The van der Waals surface area contributed by atoms with Crippen LogP contribution in [0.2, 0.25) is 0 Å². The molecule has 1 aliphatic rings. The highest BCUT2D eigenvalue weighted by atomic mass is 15.0. The number of fused-ring (bicyclic) bond motifs is 1. The minimum atomic E-state index is 0.123. The molecule has 1 nitrogen and oxygen atoms in total. The molecule has 1 aliphatic heterocycles. The Labute approximate surface area is 85.8 Å². The lowest BCUT2D eigenvalue weighted by molar-refractivity contribution is 0.609. The summed E-state index contributed by atoms with van der Waals surface area (Å²) in [5, 5.41) is 3.58. The Kier molecular flexibility index (Phi) is 2.10. The van der Waals surface area contributed by atoms with Gasteiger partial charge in [-0.3, -0.25) is 0 Å². The first-order valence-corrected chi connectivity index (χ1v) is 5.22. The van der Waals surface area contributed by atoms with Crippen LogP contribution in [0.3, 0.4) is 0 Å². The fourth-order valence-electron chi connectivity index (χ4n) is 2.03. The fourth-order valence-corrected chi connectivity index (χ4v) is 2.03. The summed E-state index contributed by atoms with van der Waals surface area (Å²) in [5.74, 6) is 0. The molecular formula is C13H17N. The van der Waals surface area contributed by atoms with E-state index in [1.54, 1.807) is 0 Å². The van der Waals surface area contributed by atoms with Crippen molar-refractivity contribution >= 4 is 11.3 Å². The number of hydrogen-bond donors (Lipinski definition) is 1. The second-order valence-corrected chi connectivity index (χ2v) is 4.27. The molecule has 0 fully saturated rings. The summed E-state index contributed by atoms with van der Waals surface area (Å²) in [5.41, 5.74) is 4.09. The van der Waals surface area contributed by atoms with E-state index in [9.17, 15) is 0 Å². The van der Waals surface area contributed by atoms with E-state index in [0.717, 1.165) is 6.42 Å². The van der Waals surface area contributed by atoms with Gasteiger partial charge < -0.3 is 5.32 Å². The van der Waals surface area contributed by atoms with Crippen molar-refractivity contribution in [3.8, 4) is 0 Å². The third-order valence-electron chi connectivity index (χ3n) is 3.04. The highest BCUT2D eigenvalue weighted by Gasteiger charge is 2.24. The maximum atomic E-state index is 3.58. The molecule has 0 spiro atoms. The standard InChI is InChI=1S/C13H17N/c1-4-13(3)9-10(2)11-7-5-6-8-12(11)14-13/h5-9,14H,4H2,1-3H3. The number of hydrogen-bond acceptors (Lipinski definition) is 1. The SMILES string of the molecule is CCC1(C)C=C(C)c2ccccc2N1. The van der Waals surface area contributed by atoms with E-state index in [1.165, 1.54) is 16.8 Å². The smallest absolute Gasteiger partial charge is 0.0531 e. The van der Waals surface area contributed by atoms with Gasteiger partial charge in [0, 0.05) is 11.3 Å². The molecule has 1 N–H and O–H groups in total. The Hall–Kier alpha value is -1.24. The van der Waals surface area contributed by atoms with Crippen LogP contribution in [0.5, 0.6) is 0 Å². The van der Waals surface area contributed by atoms with Crippen LogP contribution < -0.4 is 5.32 Å². The zero-order valence-electron chi connectivity index (χ0n) is 9.09. The molecule has 1 unspecified atom stereocenters. The summed E-state index contributed by atoms with van der Waals surface area (Å²) in [6.45, 7) is 6.64. The lowest BCUT2D eigenvalue weighted by Crippen LogP contribution is -2.34. The van der Waals surface area contributed by atoms with Crippen molar-refractivity contribution in [2.24, 2.45) is 0 Å². The van der Waals surface area contributed by atoms with Gasteiger partial charge in [0.05, 0.1) is 5.54 Å². The van der Waals surface area contributed by atoms with Gasteiger partial charge in [0.15, 0.2) is 0 Å². The van der Waals surface area contributed by atoms with Crippen molar-refractivity contribution in [1.29, 1.82) is 0 Å². The quantitative estimate of drug-likeness (QED) is 0.707. The highest BCUT2D eigenvalue weighted by Crippen LogP contribution is 2.34. The minimum absolute atomic E-state index is 0.123. The maximum Gasteiger partial charge on any atom is 0.0531 e. The van der Waals surface area contributed by atoms with Crippen molar-refractivity contribution in [2.45, 2.75) is 32.7 Å². The van der Waals surface area contributed by atoms with Gasteiger partial charge in [0.25, 0.3) is 0 Å². The molecule has 0 aromatic heterocycles. The first-order chi connectivity index (χ1) is 6.64. The summed E-state index contributed by atoms with van der Waals surface area (Å²) in [6.07, 6.45) is 3.44. The number of nitrogens with one attached hydrogen (secondary N) is 1. The Morgan fingerprint density at radius 3 is 2.71 bits per heavy atom. The number of allylic oxidation sites excluding steroid dienone is 1. The van der Waals surface area contributed by atoms with Crippen LogP contribution in [0.25, 0.3) is 5.57 Å². The van der Waals surface area contributed by atoms with E-state index in [-0.39, 0.29) is 5.54 Å². The van der Waals surface area contributed by atoms with Crippen molar-refractivity contribution in [3.63, 3.8) is 0 Å². The number of rotatable bonds is 1. The van der Waals surface area contributed by atoms with Crippen LogP contribution in [0.1, 0.15) is 32.8 Å². The van der Waals surface area contributed by atoms with Crippen molar-refractivity contribution in [2.75, 3.05) is 5.32 Å². The highest BCUT2D eigenvalue weighted by molar-refractivity contribution is 5.79. The molecule has 0 amide bonds. The molecule has 1 heteroatoms. The molecule has 74 valence electrons. The molecule has 1 aromatic rings. The second-order valence-electron chi connectivity index (χ2n) is 4.27. The number of anilines is 1. The first-order valence-electron chi connectivity index (χ1n) is 5.22. The van der Waals surface area contributed by atoms with Gasteiger partial charge in [-0.25, -0.2) is 0 Å². The van der Waals surface area contributed by atoms with E-state index in [0.29, 0.717) is 0 Å². The second kappa shape index (κ2) is 3.16. The summed E-state index contributed by atoms with van der Waals surface area (Å²) in [7, 11) is 0. The van der Waals surface area contributed by atoms with Crippen molar-refractivity contribution < 1.29 is 0 Å². The summed E-state index contributed by atoms with van der Waals surface area (Å²) in [4.78, 5) is 0. The Bertz CT molecular complexity index is 379. The lowest BCUT2D eigenvalue weighted by atomic mass is 9.88. The van der Waals surface area contributed by atoms with Crippen LogP contribution in [0.15, 0.2) is 30.3 Å². The lowest BCUT2D eigenvalue weighted by Gasteiger charge is -2.33. The third kappa shape index (κ3) is 1.43. The average molecular weight is 187 g/mol. The molecule has 0 aliphatic carbocycles. The number of benzene rings is 1. The molecule has 1 atom stereocenters. The van der Waals surface area contributed by atoms with Crippen LogP contribution in [-0.4, -0.2) is 5.54 Å². The van der Waals surface area contributed by atoms with Gasteiger partial charge in [-0.1, -0.05) is 31.2 Å². The van der Waals surface area contributed by atoms with Gasteiger partial charge >= 0.3 is 0 Å². The van der Waals surface area contributed by atoms with E-state index < -0.39 is 0 Å². The molecule has 0 bridgehead atoms. The van der Waals surface area contributed by atoms with Gasteiger partial charge in [-0.2, -0.15) is 0 Å². The van der Waals surface area contributed by atoms with Crippen molar-refractivity contribution in [1.82, 2.24) is 0 Å². The van der Waals surface area contributed by atoms with Crippen LogP contribution in [-0.2, 0) is 0 Å². The van der Waals surface area contributed by atoms with E-state index in [4.69, 9.17) is 0 Å². The zero-order chi connectivity index (χ0) is 10.2. The van der Waals surface area contributed by atoms with Crippen LogP contribution in [0.4, 0.5) is 5.69 Å². The van der Waals surface area contributed by atoms with E-state index >= 15 is 0 Å². The van der Waals surface area contributed by atoms with Crippen molar-refractivity contribution in [3.05, 3.63) is 35.9 Å². The molecule has 0 saturated heterocycles. The van der Waals surface area contributed by atoms with E-state index in [2.05, 4.69) is 56.4 Å². The first kappa shape index (κ1) is 9.32. The van der Waals surface area contributed by atoms with Gasteiger partial charge in [0.2, 0.25) is 0 Å². The summed E-state index contributed by atoms with van der Waals surface area (Å²) in [6, 6.07) is 8.50. The van der Waals surface area contributed by atoms with E-state index in [1.807, 2.05) is 0 Å². The van der Waals surface area contributed by atoms with Gasteiger partial charge in [-0.05, 0) is 31.9 Å². The van der Waals surface area contributed by atoms with Gasteiger partial charge in [0.1, 0.15) is 0 Å². The Morgan fingerprint density at radius 1 is 1.29 bits per heavy atom. The molecule has 1 heterocycles. The third-order valence-corrected chi connectivity index (χ3v) is 3.04. The predicted octanol–water partition coefficient (Wildman–Crippen LogP) is 3.68. The summed E-state index contributed by atoms with van der Waals surface area (Å²) < 4.78 is 0. The topological polar surface area (TPSA) is 12.0 Å². The Morgan fingerprint density at radius 2 is 2.00 bits per heavy atom. The average Bonchev–Trinajstić information content (AvgIpc) is 2.18. The maximum absolute atomic E-state index is 3.58. The Balaban J connectivity index is 2.49. The fraction of sp³-hybridized carbons (Fsp3) is 0.385. The minimum Gasteiger partial charge on any atom is -0.376 e. The summed E-state index contributed by atoms with van der Waals surface area (Å²) >= 11 is 0.